The standard InChI is InChI=1S/C16H23NO/c1-16-11-14(16)9-6-10-17(16)15(12-18-2)13-7-4-3-5-8-13/h3-5,7-8,14-15H,6,9-12H2,1-2H3/t14-,15+,16+/m1/s1. The van der Waals surface area contributed by atoms with Gasteiger partial charge in [0, 0.05) is 12.6 Å². The fourth-order valence-corrected chi connectivity index (χ4v) is 3.68. The van der Waals surface area contributed by atoms with Crippen LogP contribution in [0.4, 0.5) is 0 Å². The van der Waals surface area contributed by atoms with Crippen LogP contribution in [0, 0.1) is 5.92 Å². The fourth-order valence-electron chi connectivity index (χ4n) is 3.68. The van der Waals surface area contributed by atoms with Crippen LogP contribution in [-0.2, 0) is 4.74 Å². The number of benzene rings is 1. The van der Waals surface area contributed by atoms with Gasteiger partial charge < -0.3 is 4.74 Å². The van der Waals surface area contributed by atoms with E-state index in [9.17, 15) is 0 Å². The number of methoxy groups -OCH3 is 1. The maximum Gasteiger partial charge on any atom is 0.0659 e. The zero-order valence-electron chi connectivity index (χ0n) is 11.4. The second-order valence-corrected chi connectivity index (χ2v) is 5.98. The van der Waals surface area contributed by atoms with Gasteiger partial charge in [0.2, 0.25) is 0 Å². The van der Waals surface area contributed by atoms with E-state index in [1.54, 1.807) is 0 Å². The molecule has 0 N–H and O–H groups in total. The van der Waals surface area contributed by atoms with E-state index in [2.05, 4.69) is 42.2 Å². The predicted octanol–water partition coefficient (Wildman–Crippen LogP) is 3.25. The van der Waals surface area contributed by atoms with Gasteiger partial charge in [0.05, 0.1) is 12.6 Å². The summed E-state index contributed by atoms with van der Waals surface area (Å²) in [6.07, 6.45) is 4.13. The van der Waals surface area contributed by atoms with Gasteiger partial charge >= 0.3 is 0 Å². The second-order valence-electron chi connectivity index (χ2n) is 5.98. The summed E-state index contributed by atoms with van der Waals surface area (Å²) in [5.74, 6) is 0.925. The third-order valence-electron chi connectivity index (χ3n) is 4.87. The van der Waals surface area contributed by atoms with Crippen molar-refractivity contribution in [2.24, 2.45) is 5.92 Å². The Bertz CT molecular complexity index is 405. The van der Waals surface area contributed by atoms with Gasteiger partial charge in [0.25, 0.3) is 0 Å². The van der Waals surface area contributed by atoms with Crippen molar-refractivity contribution in [3.8, 4) is 0 Å². The molecule has 1 aromatic rings. The molecule has 2 aliphatic rings. The van der Waals surface area contributed by atoms with Crippen LogP contribution < -0.4 is 0 Å². The van der Waals surface area contributed by atoms with Gasteiger partial charge in [-0.05, 0) is 44.2 Å². The van der Waals surface area contributed by atoms with Crippen LogP contribution in [0.3, 0.4) is 0 Å². The molecule has 0 bridgehead atoms. The molecule has 1 aliphatic heterocycles. The molecule has 1 saturated carbocycles. The van der Waals surface area contributed by atoms with Crippen LogP contribution in [0.15, 0.2) is 30.3 Å². The monoisotopic (exact) mass is 245 g/mol. The van der Waals surface area contributed by atoms with Gasteiger partial charge in [-0.15, -0.1) is 0 Å². The van der Waals surface area contributed by atoms with E-state index < -0.39 is 0 Å². The van der Waals surface area contributed by atoms with E-state index >= 15 is 0 Å². The van der Waals surface area contributed by atoms with E-state index in [-0.39, 0.29) is 0 Å². The molecule has 3 rings (SSSR count). The Balaban J connectivity index is 1.85. The lowest BCUT2D eigenvalue weighted by Gasteiger charge is -2.40. The highest BCUT2D eigenvalue weighted by Crippen LogP contribution is 2.56. The van der Waals surface area contributed by atoms with Crippen molar-refractivity contribution in [3.05, 3.63) is 35.9 Å². The van der Waals surface area contributed by atoms with E-state index in [1.807, 2.05) is 7.11 Å². The zero-order chi connectivity index (χ0) is 12.6. The summed E-state index contributed by atoms with van der Waals surface area (Å²) in [5, 5.41) is 0. The lowest BCUT2D eigenvalue weighted by atomic mass is 9.97. The number of nitrogens with zero attached hydrogens (tertiary/aromatic N) is 1. The third-order valence-corrected chi connectivity index (χ3v) is 4.87. The van der Waals surface area contributed by atoms with Crippen LogP contribution in [0.2, 0.25) is 0 Å². The Morgan fingerprint density at radius 1 is 1.39 bits per heavy atom. The lowest BCUT2D eigenvalue weighted by Crippen LogP contribution is -2.44. The third kappa shape index (κ3) is 1.98. The van der Waals surface area contributed by atoms with Gasteiger partial charge in [0.1, 0.15) is 0 Å². The largest absolute Gasteiger partial charge is 0.383 e. The first-order valence-corrected chi connectivity index (χ1v) is 7.06. The van der Waals surface area contributed by atoms with Crippen molar-refractivity contribution >= 4 is 0 Å². The summed E-state index contributed by atoms with van der Waals surface area (Å²) >= 11 is 0. The van der Waals surface area contributed by atoms with Crippen LogP contribution in [0.25, 0.3) is 0 Å². The van der Waals surface area contributed by atoms with Crippen molar-refractivity contribution < 1.29 is 4.74 Å². The van der Waals surface area contributed by atoms with Crippen molar-refractivity contribution in [3.63, 3.8) is 0 Å². The molecule has 1 heterocycles. The number of likely N-dealkylation sites (tertiary alicyclic amines) is 1. The molecular weight excluding hydrogens is 222 g/mol. The number of piperidine rings is 1. The summed E-state index contributed by atoms with van der Waals surface area (Å²) in [4.78, 5) is 2.69. The van der Waals surface area contributed by atoms with E-state index in [0.717, 1.165) is 12.5 Å². The summed E-state index contributed by atoms with van der Waals surface area (Å²) in [7, 11) is 1.81. The van der Waals surface area contributed by atoms with Crippen molar-refractivity contribution in [2.75, 3.05) is 20.3 Å². The Morgan fingerprint density at radius 2 is 2.17 bits per heavy atom. The normalized spacial score (nSPS) is 32.9. The molecule has 98 valence electrons. The molecule has 0 aromatic heterocycles. The molecule has 0 amide bonds. The van der Waals surface area contributed by atoms with E-state index in [0.29, 0.717) is 11.6 Å². The topological polar surface area (TPSA) is 12.5 Å². The van der Waals surface area contributed by atoms with Crippen LogP contribution in [0.5, 0.6) is 0 Å². The number of hydrogen-bond donors (Lipinski definition) is 0. The SMILES string of the molecule is COC[C@@H](c1ccccc1)N1CCC[C@@H]2C[C@@]21C. The van der Waals surface area contributed by atoms with Gasteiger partial charge in [-0.25, -0.2) is 0 Å². The summed E-state index contributed by atoms with van der Waals surface area (Å²) in [6.45, 7) is 4.45. The number of fused-ring (bicyclic) bond motifs is 1. The molecule has 2 fully saturated rings. The first kappa shape index (κ1) is 12.2. The molecule has 1 aromatic carbocycles. The maximum absolute atomic E-state index is 5.48. The highest BCUT2D eigenvalue weighted by Gasteiger charge is 2.57. The molecule has 2 nitrogen and oxygen atoms in total. The predicted molar refractivity (Wildman–Crippen MR) is 73.5 cm³/mol. The molecule has 0 spiro atoms. The molecule has 0 radical (unpaired) electrons. The minimum atomic E-state index is 0.423. The van der Waals surface area contributed by atoms with Gasteiger partial charge in [0.15, 0.2) is 0 Å². The highest BCUT2D eigenvalue weighted by molar-refractivity contribution is 5.22. The smallest absolute Gasteiger partial charge is 0.0659 e. The van der Waals surface area contributed by atoms with Gasteiger partial charge in [-0.1, -0.05) is 30.3 Å². The van der Waals surface area contributed by atoms with E-state index in [4.69, 9.17) is 4.74 Å². The Hall–Kier alpha value is -0.860. The molecule has 3 atom stereocenters. The Labute approximate surface area is 110 Å². The zero-order valence-corrected chi connectivity index (χ0v) is 11.4. The molecule has 0 unspecified atom stereocenters. The van der Waals surface area contributed by atoms with Crippen molar-refractivity contribution in [1.82, 2.24) is 4.90 Å². The highest BCUT2D eigenvalue weighted by atomic mass is 16.5. The first-order chi connectivity index (χ1) is 8.75. The Morgan fingerprint density at radius 3 is 2.89 bits per heavy atom. The summed E-state index contributed by atoms with van der Waals surface area (Å²) in [6, 6.07) is 11.2. The first-order valence-electron chi connectivity index (χ1n) is 7.06. The fraction of sp³-hybridized carbons (Fsp3) is 0.625. The summed E-state index contributed by atoms with van der Waals surface area (Å²) < 4.78 is 5.48. The Kier molecular flexibility index (Phi) is 3.16. The summed E-state index contributed by atoms with van der Waals surface area (Å²) in [5.41, 5.74) is 1.84. The number of ether oxygens (including phenoxy) is 1. The van der Waals surface area contributed by atoms with Crippen LogP contribution in [0.1, 0.15) is 37.8 Å². The number of rotatable bonds is 4. The van der Waals surface area contributed by atoms with Gasteiger partial charge in [-0.3, -0.25) is 4.90 Å². The minimum absolute atomic E-state index is 0.423. The minimum Gasteiger partial charge on any atom is -0.383 e. The van der Waals surface area contributed by atoms with E-state index in [1.165, 1.54) is 31.4 Å². The molecule has 18 heavy (non-hydrogen) atoms. The van der Waals surface area contributed by atoms with Crippen LogP contribution in [-0.4, -0.2) is 30.7 Å². The van der Waals surface area contributed by atoms with Crippen molar-refractivity contribution in [1.29, 1.82) is 0 Å². The maximum atomic E-state index is 5.48. The average molecular weight is 245 g/mol. The molecule has 2 heteroatoms. The van der Waals surface area contributed by atoms with Crippen molar-refractivity contribution in [2.45, 2.75) is 37.8 Å². The van der Waals surface area contributed by atoms with Gasteiger partial charge in [-0.2, -0.15) is 0 Å². The van der Waals surface area contributed by atoms with Crippen LogP contribution >= 0.6 is 0 Å². The quantitative estimate of drug-likeness (QED) is 0.807. The molecule has 1 aliphatic carbocycles. The molecule has 1 saturated heterocycles. The molecular formula is C16H23NO. The number of hydrogen-bond acceptors (Lipinski definition) is 2. The second kappa shape index (κ2) is 4.67. The average Bonchev–Trinajstić information content (AvgIpc) is 3.09. The lowest BCUT2D eigenvalue weighted by molar-refractivity contribution is 0.0351.